The first kappa shape index (κ1) is 26.3. The van der Waals surface area contributed by atoms with Crippen LogP contribution < -0.4 is 11.2 Å². The van der Waals surface area contributed by atoms with Gasteiger partial charge in [0.25, 0.3) is 5.56 Å². The van der Waals surface area contributed by atoms with E-state index in [9.17, 15) is 14.7 Å². The molecule has 0 saturated carbocycles. The van der Waals surface area contributed by atoms with E-state index in [2.05, 4.69) is 9.97 Å². The number of aliphatic hydroxyl groups excluding tert-OH is 2. The molecule has 0 aliphatic heterocycles. The Bertz CT molecular complexity index is 915. The lowest BCUT2D eigenvalue weighted by molar-refractivity contribution is 0.0860. The second-order valence-electron chi connectivity index (χ2n) is 9.05. The summed E-state index contributed by atoms with van der Waals surface area (Å²) in [6.07, 6.45) is 16.9. The highest BCUT2D eigenvalue weighted by Gasteiger charge is 2.14. The van der Waals surface area contributed by atoms with E-state index in [0.29, 0.717) is 11.2 Å². The molecule has 0 aliphatic carbocycles. The van der Waals surface area contributed by atoms with Gasteiger partial charge < -0.3 is 14.8 Å². The molecule has 1 unspecified atom stereocenters. The quantitative estimate of drug-likeness (QED) is 0.320. The van der Waals surface area contributed by atoms with Gasteiger partial charge in [0.15, 0.2) is 11.2 Å². The van der Waals surface area contributed by atoms with Crippen molar-refractivity contribution in [3.05, 3.63) is 26.7 Å². The molecule has 8 heteroatoms. The number of aliphatic hydroxyl groups is 2. The maximum absolute atomic E-state index is 12.1. The molecular weight excluding hydrogens is 408 g/mol. The van der Waals surface area contributed by atoms with E-state index in [-0.39, 0.29) is 12.2 Å². The minimum absolute atomic E-state index is 0.118. The van der Waals surface area contributed by atoms with Crippen LogP contribution in [0.15, 0.2) is 9.59 Å². The largest absolute Gasteiger partial charge is 0.394 e. The van der Waals surface area contributed by atoms with Crippen LogP contribution in [0.1, 0.15) is 95.7 Å². The van der Waals surface area contributed by atoms with E-state index >= 15 is 0 Å². The second-order valence-corrected chi connectivity index (χ2v) is 9.05. The van der Waals surface area contributed by atoms with Gasteiger partial charge in [-0.3, -0.25) is 14.3 Å². The zero-order valence-corrected chi connectivity index (χ0v) is 19.9. The van der Waals surface area contributed by atoms with Crippen molar-refractivity contribution in [1.29, 1.82) is 0 Å². The van der Waals surface area contributed by atoms with Gasteiger partial charge in [0.05, 0.1) is 12.7 Å². The van der Waals surface area contributed by atoms with Gasteiger partial charge >= 0.3 is 5.69 Å². The zero-order valence-electron chi connectivity index (χ0n) is 19.9. The van der Waals surface area contributed by atoms with E-state index in [1.54, 1.807) is 7.05 Å². The van der Waals surface area contributed by atoms with Gasteiger partial charge in [-0.05, 0) is 12.8 Å². The van der Waals surface area contributed by atoms with Crippen molar-refractivity contribution < 1.29 is 10.2 Å². The number of fused-ring (bicyclic) bond motifs is 1. The summed E-state index contributed by atoms with van der Waals surface area (Å²) < 4.78 is 3.21. The second kappa shape index (κ2) is 14.3. The molecule has 0 aliphatic rings. The van der Waals surface area contributed by atoms with Crippen LogP contribution in [0.4, 0.5) is 0 Å². The summed E-state index contributed by atoms with van der Waals surface area (Å²) in [5, 5.41) is 18.1. The first-order valence-corrected chi connectivity index (χ1v) is 12.4. The number of aromatic nitrogens is 4. The average molecular weight is 451 g/mol. The van der Waals surface area contributed by atoms with Gasteiger partial charge in [-0.15, -0.1) is 0 Å². The Hall–Kier alpha value is -1.93. The fraction of sp³-hybridized carbons (Fsp3) is 0.792. The van der Waals surface area contributed by atoms with E-state index in [4.69, 9.17) is 5.11 Å². The standard InChI is InChI=1S/C24H42N4O4/c1-27-20(25-22-21(27)23(31)26-24(32)28(22)2)17-15-13-11-9-7-5-3-4-6-8-10-12-14-16-19(30)18-29/h19,29-30H,3-18H2,1-2H3,(H,26,31,32). The summed E-state index contributed by atoms with van der Waals surface area (Å²) in [5.74, 6) is 0.858. The molecule has 2 rings (SSSR count). The number of nitrogens with zero attached hydrogens (tertiary/aromatic N) is 3. The smallest absolute Gasteiger partial charge is 0.329 e. The molecule has 0 radical (unpaired) electrons. The number of unbranched alkanes of at least 4 members (excludes halogenated alkanes) is 12. The highest BCUT2D eigenvalue weighted by atomic mass is 16.3. The summed E-state index contributed by atoms with van der Waals surface area (Å²) in [5.41, 5.74) is 0.115. The number of imidazole rings is 1. The molecule has 0 amide bonds. The first-order valence-electron chi connectivity index (χ1n) is 12.4. The monoisotopic (exact) mass is 450 g/mol. The minimum atomic E-state index is -0.535. The molecule has 8 nitrogen and oxygen atoms in total. The molecule has 0 fully saturated rings. The SMILES string of the molecule is Cn1c(CCCCCCCCCCCCCCCC(O)CO)nc2c1c(=O)[nH]c(=O)n2C. The van der Waals surface area contributed by atoms with Crippen molar-refractivity contribution in [1.82, 2.24) is 19.1 Å². The zero-order chi connectivity index (χ0) is 23.3. The van der Waals surface area contributed by atoms with Crippen LogP contribution in [0, 0.1) is 0 Å². The summed E-state index contributed by atoms with van der Waals surface area (Å²) in [6, 6.07) is 0. The minimum Gasteiger partial charge on any atom is -0.394 e. The summed E-state index contributed by atoms with van der Waals surface area (Å²) in [4.78, 5) is 30.7. The van der Waals surface area contributed by atoms with E-state index in [0.717, 1.165) is 44.3 Å². The van der Waals surface area contributed by atoms with Crippen LogP contribution in [-0.2, 0) is 20.5 Å². The van der Waals surface area contributed by atoms with Crippen molar-refractivity contribution in [2.45, 2.75) is 102 Å². The number of rotatable bonds is 17. The van der Waals surface area contributed by atoms with Crippen LogP contribution in [0.5, 0.6) is 0 Å². The maximum atomic E-state index is 12.1. The Morgan fingerprint density at radius 2 is 1.31 bits per heavy atom. The lowest BCUT2D eigenvalue weighted by atomic mass is 10.0. The van der Waals surface area contributed by atoms with Gasteiger partial charge in [0, 0.05) is 20.5 Å². The van der Waals surface area contributed by atoms with Crippen molar-refractivity contribution in [2.24, 2.45) is 14.1 Å². The van der Waals surface area contributed by atoms with Gasteiger partial charge in [-0.1, -0.05) is 77.0 Å². The third kappa shape index (κ3) is 8.20. The van der Waals surface area contributed by atoms with Crippen molar-refractivity contribution in [3.63, 3.8) is 0 Å². The lowest BCUT2D eigenvalue weighted by Gasteiger charge is -2.06. The molecule has 0 spiro atoms. The van der Waals surface area contributed by atoms with Crippen LogP contribution in [0.25, 0.3) is 11.2 Å². The number of H-pyrrole nitrogens is 1. The van der Waals surface area contributed by atoms with Crippen LogP contribution in [0.2, 0.25) is 0 Å². The van der Waals surface area contributed by atoms with Gasteiger partial charge in [-0.2, -0.15) is 0 Å². The molecule has 0 saturated heterocycles. The highest BCUT2D eigenvalue weighted by Crippen LogP contribution is 2.15. The topological polar surface area (TPSA) is 113 Å². The van der Waals surface area contributed by atoms with Crippen LogP contribution in [-0.4, -0.2) is 42.0 Å². The number of hydrogen-bond donors (Lipinski definition) is 3. The third-order valence-electron chi connectivity index (χ3n) is 6.38. The van der Waals surface area contributed by atoms with Gasteiger partial charge in [0.2, 0.25) is 0 Å². The fourth-order valence-corrected chi connectivity index (χ4v) is 4.28. The van der Waals surface area contributed by atoms with Gasteiger partial charge in [0.1, 0.15) is 5.82 Å². The molecule has 0 aromatic carbocycles. The third-order valence-corrected chi connectivity index (χ3v) is 6.38. The summed E-state index contributed by atoms with van der Waals surface area (Å²) in [7, 11) is 3.47. The Kier molecular flexibility index (Phi) is 11.7. The first-order chi connectivity index (χ1) is 15.5. The van der Waals surface area contributed by atoms with Crippen molar-refractivity contribution in [2.75, 3.05) is 6.61 Å². The average Bonchev–Trinajstić information content (AvgIpc) is 3.11. The molecular formula is C24H42N4O4. The van der Waals surface area contributed by atoms with Crippen LogP contribution >= 0.6 is 0 Å². The Balaban J connectivity index is 1.48. The molecule has 3 N–H and O–H groups in total. The van der Waals surface area contributed by atoms with Crippen molar-refractivity contribution >= 4 is 11.2 Å². The van der Waals surface area contributed by atoms with Crippen LogP contribution in [0.3, 0.4) is 0 Å². The fourth-order valence-electron chi connectivity index (χ4n) is 4.28. The normalized spacial score (nSPS) is 12.6. The number of nitrogens with one attached hydrogen (secondary N) is 1. The predicted octanol–water partition coefficient (Wildman–Crippen LogP) is 3.32. The molecule has 2 aromatic heterocycles. The predicted molar refractivity (Wildman–Crippen MR) is 128 cm³/mol. The summed E-state index contributed by atoms with van der Waals surface area (Å²) >= 11 is 0. The molecule has 32 heavy (non-hydrogen) atoms. The number of hydrogen-bond acceptors (Lipinski definition) is 5. The lowest BCUT2D eigenvalue weighted by Crippen LogP contribution is -2.29. The van der Waals surface area contributed by atoms with Gasteiger partial charge in [-0.25, -0.2) is 9.78 Å². The van der Waals surface area contributed by atoms with Crippen molar-refractivity contribution in [3.8, 4) is 0 Å². The molecule has 0 bridgehead atoms. The maximum Gasteiger partial charge on any atom is 0.329 e. The number of aromatic amines is 1. The highest BCUT2D eigenvalue weighted by molar-refractivity contribution is 5.70. The Morgan fingerprint density at radius 1 is 0.812 bits per heavy atom. The van der Waals surface area contributed by atoms with E-state index in [1.807, 2.05) is 11.6 Å². The van der Waals surface area contributed by atoms with E-state index in [1.165, 1.54) is 62.4 Å². The number of aryl methyl sites for hydroxylation is 3. The molecule has 1 atom stereocenters. The van der Waals surface area contributed by atoms with E-state index < -0.39 is 11.8 Å². The Morgan fingerprint density at radius 3 is 1.84 bits per heavy atom. The molecule has 182 valence electrons. The summed E-state index contributed by atoms with van der Waals surface area (Å²) in [6.45, 7) is -0.118. The Labute approximate surface area is 190 Å². The molecule has 2 heterocycles. The molecule has 2 aromatic rings.